The van der Waals surface area contributed by atoms with Crippen LogP contribution in [0.25, 0.3) is 0 Å². The van der Waals surface area contributed by atoms with E-state index < -0.39 is 11.1 Å². The molecule has 1 fully saturated rings. The maximum absolute atomic E-state index is 13.2. The molecule has 0 aromatic heterocycles. The second kappa shape index (κ2) is 10.0. The van der Waals surface area contributed by atoms with Crippen molar-refractivity contribution >= 4 is 23.6 Å². The summed E-state index contributed by atoms with van der Waals surface area (Å²) >= 11 is 6.06. The molecule has 2 rings (SSSR count). The number of likely N-dealkylation sites (N-methyl/N-ethyl adjacent to an activating group) is 1. The molecule has 0 saturated carbocycles. The standard InChI is InChI=1S/C23H35ClN2O4/c1-17(15-29-6)20(27)25(5)23(14-18-8-10-19(24)11-9-18)12-7-13-26(16-23)21(28)30-22(2,3)4/h8-11,17H,7,12-16H2,1-6H3/t17-,23+/m0/s1. The Kier molecular flexibility index (Phi) is 8.17. The smallest absolute Gasteiger partial charge is 0.410 e. The third-order valence-corrected chi connectivity index (χ3v) is 5.79. The van der Waals surface area contributed by atoms with E-state index in [1.165, 1.54) is 0 Å². The first kappa shape index (κ1) is 24.5. The van der Waals surface area contributed by atoms with Crippen molar-refractivity contribution in [1.82, 2.24) is 9.80 Å². The molecular formula is C23H35ClN2O4. The van der Waals surface area contributed by atoms with E-state index in [0.717, 1.165) is 18.4 Å². The highest BCUT2D eigenvalue weighted by atomic mass is 35.5. The van der Waals surface area contributed by atoms with Crippen LogP contribution in [0, 0.1) is 5.92 Å². The molecule has 0 bridgehead atoms. The Balaban J connectivity index is 2.33. The highest BCUT2D eigenvalue weighted by molar-refractivity contribution is 6.30. The van der Waals surface area contributed by atoms with Crippen LogP contribution in [0.15, 0.2) is 24.3 Å². The lowest BCUT2D eigenvalue weighted by atomic mass is 9.81. The van der Waals surface area contributed by atoms with E-state index >= 15 is 0 Å². The van der Waals surface area contributed by atoms with E-state index in [4.69, 9.17) is 21.1 Å². The number of rotatable bonds is 6. The summed E-state index contributed by atoms with van der Waals surface area (Å²) in [4.78, 5) is 29.5. The van der Waals surface area contributed by atoms with Gasteiger partial charge in [-0.2, -0.15) is 0 Å². The average Bonchev–Trinajstić information content (AvgIpc) is 2.67. The zero-order valence-corrected chi connectivity index (χ0v) is 19.8. The molecule has 0 radical (unpaired) electrons. The number of ether oxygens (including phenoxy) is 2. The monoisotopic (exact) mass is 438 g/mol. The third-order valence-electron chi connectivity index (χ3n) is 5.53. The fourth-order valence-corrected chi connectivity index (χ4v) is 4.13. The molecule has 1 saturated heterocycles. The van der Waals surface area contributed by atoms with Gasteiger partial charge in [-0.3, -0.25) is 4.79 Å². The number of carbonyl (C=O) groups excluding carboxylic acids is 2. The van der Waals surface area contributed by atoms with Gasteiger partial charge in [-0.15, -0.1) is 0 Å². The number of methoxy groups -OCH3 is 1. The van der Waals surface area contributed by atoms with Gasteiger partial charge in [0.05, 0.1) is 18.1 Å². The van der Waals surface area contributed by atoms with Crippen LogP contribution >= 0.6 is 11.6 Å². The van der Waals surface area contributed by atoms with Gasteiger partial charge in [-0.1, -0.05) is 30.7 Å². The van der Waals surface area contributed by atoms with Crippen molar-refractivity contribution in [3.05, 3.63) is 34.9 Å². The minimum Gasteiger partial charge on any atom is -0.444 e. The largest absolute Gasteiger partial charge is 0.444 e. The van der Waals surface area contributed by atoms with Gasteiger partial charge in [0, 0.05) is 32.3 Å². The highest BCUT2D eigenvalue weighted by Gasteiger charge is 2.44. The van der Waals surface area contributed by atoms with E-state index in [2.05, 4.69) is 0 Å². The number of hydrogen-bond acceptors (Lipinski definition) is 4. The summed E-state index contributed by atoms with van der Waals surface area (Å²) in [6.07, 6.45) is 1.89. The third kappa shape index (κ3) is 6.35. The minimum absolute atomic E-state index is 0.0110. The van der Waals surface area contributed by atoms with E-state index in [1.807, 2.05) is 63.9 Å². The summed E-state index contributed by atoms with van der Waals surface area (Å²) in [7, 11) is 3.43. The van der Waals surface area contributed by atoms with E-state index in [1.54, 1.807) is 12.0 Å². The second-order valence-electron chi connectivity index (χ2n) is 9.29. The molecule has 0 aliphatic carbocycles. The predicted molar refractivity (Wildman–Crippen MR) is 119 cm³/mol. The molecule has 1 aromatic rings. The minimum atomic E-state index is -0.567. The van der Waals surface area contributed by atoms with Gasteiger partial charge in [0.1, 0.15) is 5.60 Å². The van der Waals surface area contributed by atoms with Gasteiger partial charge in [-0.05, 0) is 57.7 Å². The number of nitrogens with zero attached hydrogens (tertiary/aromatic N) is 2. The number of likely N-dealkylation sites (tertiary alicyclic amines) is 1. The van der Waals surface area contributed by atoms with Gasteiger partial charge in [0.15, 0.2) is 0 Å². The molecule has 168 valence electrons. The van der Waals surface area contributed by atoms with Crippen molar-refractivity contribution in [2.75, 3.05) is 33.9 Å². The maximum Gasteiger partial charge on any atom is 0.410 e. The number of hydrogen-bond donors (Lipinski definition) is 0. The van der Waals surface area contributed by atoms with Crippen molar-refractivity contribution in [2.24, 2.45) is 5.92 Å². The van der Waals surface area contributed by atoms with Crippen molar-refractivity contribution in [2.45, 2.75) is 58.1 Å². The van der Waals surface area contributed by atoms with Crippen LogP contribution in [0.3, 0.4) is 0 Å². The second-order valence-corrected chi connectivity index (χ2v) is 9.72. The van der Waals surface area contributed by atoms with Crippen LogP contribution < -0.4 is 0 Å². The summed E-state index contributed by atoms with van der Waals surface area (Å²) < 4.78 is 10.8. The zero-order valence-electron chi connectivity index (χ0n) is 19.0. The molecule has 1 aromatic carbocycles. The van der Waals surface area contributed by atoms with Crippen LogP contribution in [0.5, 0.6) is 0 Å². The number of amides is 2. The number of benzene rings is 1. The van der Waals surface area contributed by atoms with Gasteiger partial charge >= 0.3 is 6.09 Å². The fraction of sp³-hybridized carbons (Fsp3) is 0.652. The van der Waals surface area contributed by atoms with Gasteiger partial charge in [0.25, 0.3) is 0 Å². The molecule has 0 spiro atoms. The molecular weight excluding hydrogens is 404 g/mol. The Morgan fingerprint density at radius 2 is 1.90 bits per heavy atom. The van der Waals surface area contributed by atoms with Crippen LogP contribution in [0.2, 0.25) is 5.02 Å². The van der Waals surface area contributed by atoms with E-state index in [9.17, 15) is 9.59 Å². The average molecular weight is 439 g/mol. The number of piperidine rings is 1. The zero-order chi connectivity index (χ0) is 22.5. The molecule has 0 N–H and O–H groups in total. The molecule has 7 heteroatoms. The first-order chi connectivity index (χ1) is 14.0. The summed E-state index contributed by atoms with van der Waals surface area (Å²) in [5.74, 6) is -0.254. The van der Waals surface area contributed by atoms with Gasteiger partial charge in [0.2, 0.25) is 5.91 Å². The van der Waals surface area contributed by atoms with Crippen molar-refractivity contribution in [3.8, 4) is 0 Å². The summed E-state index contributed by atoms with van der Waals surface area (Å²) in [5, 5.41) is 0.671. The van der Waals surface area contributed by atoms with Crippen LogP contribution in [0.1, 0.15) is 46.1 Å². The van der Waals surface area contributed by atoms with Crippen LogP contribution in [0.4, 0.5) is 4.79 Å². The maximum atomic E-state index is 13.2. The molecule has 1 aliphatic heterocycles. The highest BCUT2D eigenvalue weighted by Crippen LogP contribution is 2.33. The van der Waals surface area contributed by atoms with Crippen LogP contribution in [-0.4, -0.2) is 66.8 Å². The first-order valence-corrected chi connectivity index (χ1v) is 10.8. The molecule has 2 atom stereocenters. The Morgan fingerprint density at radius 3 is 2.47 bits per heavy atom. The topological polar surface area (TPSA) is 59.1 Å². The number of carbonyl (C=O) groups is 2. The van der Waals surface area contributed by atoms with Gasteiger partial charge < -0.3 is 19.3 Å². The Bertz CT molecular complexity index is 732. The summed E-state index contributed by atoms with van der Waals surface area (Å²) in [6.45, 7) is 8.84. The molecule has 0 unspecified atom stereocenters. The quantitative estimate of drug-likeness (QED) is 0.660. The fourth-order valence-electron chi connectivity index (χ4n) is 4.00. The Hall–Kier alpha value is -1.79. The first-order valence-electron chi connectivity index (χ1n) is 10.5. The Morgan fingerprint density at radius 1 is 1.27 bits per heavy atom. The Labute approximate surface area is 185 Å². The molecule has 30 heavy (non-hydrogen) atoms. The predicted octanol–water partition coefficient (Wildman–Crippen LogP) is 4.39. The summed E-state index contributed by atoms with van der Waals surface area (Å²) in [6, 6.07) is 7.67. The lowest BCUT2D eigenvalue weighted by Crippen LogP contribution is -2.62. The lowest BCUT2D eigenvalue weighted by molar-refractivity contribution is -0.143. The van der Waals surface area contributed by atoms with E-state index in [-0.39, 0.29) is 17.9 Å². The normalized spacial score (nSPS) is 20.6. The van der Waals surface area contributed by atoms with Crippen molar-refractivity contribution < 1.29 is 19.1 Å². The lowest BCUT2D eigenvalue weighted by Gasteiger charge is -2.49. The molecule has 1 aliphatic rings. The molecule has 2 amide bonds. The van der Waals surface area contributed by atoms with Crippen molar-refractivity contribution in [3.63, 3.8) is 0 Å². The number of halogens is 1. The van der Waals surface area contributed by atoms with E-state index in [0.29, 0.717) is 31.1 Å². The molecule has 1 heterocycles. The summed E-state index contributed by atoms with van der Waals surface area (Å²) in [5.41, 5.74) is -0.0195. The van der Waals surface area contributed by atoms with Crippen molar-refractivity contribution in [1.29, 1.82) is 0 Å². The van der Waals surface area contributed by atoms with Crippen LogP contribution in [-0.2, 0) is 20.7 Å². The SMILES string of the molecule is COC[C@H](C)C(=O)N(C)[C@@]1(Cc2ccc(Cl)cc2)CCCN(C(=O)OC(C)(C)C)C1. The molecule has 6 nitrogen and oxygen atoms in total. The van der Waals surface area contributed by atoms with Gasteiger partial charge in [-0.25, -0.2) is 4.79 Å².